The third-order valence-electron chi connectivity index (χ3n) is 4.73. The number of hydrogen-bond donors (Lipinski definition) is 0. The number of ether oxygens (including phenoxy) is 1. The molecule has 4 rings (SSSR count). The number of nitrogens with zero attached hydrogens (tertiary/aromatic N) is 2. The van der Waals surface area contributed by atoms with Crippen molar-refractivity contribution >= 4 is 17.7 Å². The molecule has 1 spiro atoms. The van der Waals surface area contributed by atoms with Gasteiger partial charge < -0.3 is 9.64 Å². The molecule has 6 nitrogen and oxygen atoms in total. The fraction of sp³-hybridized carbons (Fsp3) is 0.438. The van der Waals surface area contributed by atoms with Crippen LogP contribution < -0.4 is 0 Å². The maximum atomic E-state index is 12.8. The van der Waals surface area contributed by atoms with Crippen molar-refractivity contribution in [2.24, 2.45) is 0 Å². The third-order valence-corrected chi connectivity index (χ3v) is 4.73. The Kier molecular flexibility index (Phi) is 2.69. The molecule has 3 aliphatic heterocycles. The molecule has 0 unspecified atom stereocenters. The second kappa shape index (κ2) is 4.39. The lowest BCUT2D eigenvalue weighted by atomic mass is 10.0. The highest BCUT2D eigenvalue weighted by atomic mass is 16.6. The third kappa shape index (κ3) is 1.56. The van der Waals surface area contributed by atoms with E-state index >= 15 is 0 Å². The summed E-state index contributed by atoms with van der Waals surface area (Å²) in [5.41, 5.74) is -1.04. The number of epoxide rings is 1. The molecule has 0 aromatic heterocycles. The summed E-state index contributed by atoms with van der Waals surface area (Å²) in [7, 11) is 0. The zero-order chi connectivity index (χ0) is 15.5. The monoisotopic (exact) mass is 300 g/mol. The van der Waals surface area contributed by atoms with Gasteiger partial charge in [-0.2, -0.15) is 0 Å². The first kappa shape index (κ1) is 13.5. The van der Waals surface area contributed by atoms with Crippen molar-refractivity contribution in [3.63, 3.8) is 0 Å². The number of fused-ring (bicyclic) bond motifs is 1. The molecule has 0 radical (unpaired) electrons. The fourth-order valence-electron chi connectivity index (χ4n) is 3.54. The minimum atomic E-state index is -1.43. The van der Waals surface area contributed by atoms with E-state index in [1.54, 1.807) is 42.2 Å². The molecular formula is C16H16N2O4. The molecule has 0 saturated carbocycles. The summed E-state index contributed by atoms with van der Waals surface area (Å²) < 4.78 is 5.48. The van der Waals surface area contributed by atoms with E-state index in [1.807, 2.05) is 0 Å². The van der Waals surface area contributed by atoms with E-state index in [4.69, 9.17) is 4.74 Å². The molecule has 1 aromatic rings. The molecule has 6 heteroatoms. The number of amides is 3. The maximum Gasteiger partial charge on any atom is 0.280 e. The number of piperazine rings is 1. The standard InChI is InChI=1S/C16H16N2O4/c1-10-16(22-10)15(21)17-9-5-8-12(17)14(20)18(16)13(19)11-6-3-2-4-7-11/h2-4,6-7,10,12H,5,8-9H2,1H3/t10-,12-,16+/m0/s1. The fourth-order valence-corrected chi connectivity index (χ4v) is 3.54. The summed E-state index contributed by atoms with van der Waals surface area (Å²) >= 11 is 0. The van der Waals surface area contributed by atoms with E-state index in [1.165, 1.54) is 0 Å². The van der Waals surface area contributed by atoms with Gasteiger partial charge >= 0.3 is 0 Å². The highest BCUT2D eigenvalue weighted by molar-refractivity contribution is 6.14. The van der Waals surface area contributed by atoms with Gasteiger partial charge in [0.05, 0.1) is 0 Å². The number of hydrogen-bond acceptors (Lipinski definition) is 4. The van der Waals surface area contributed by atoms with Gasteiger partial charge in [-0.1, -0.05) is 18.2 Å². The van der Waals surface area contributed by atoms with Gasteiger partial charge in [-0.15, -0.1) is 0 Å². The van der Waals surface area contributed by atoms with Crippen molar-refractivity contribution in [1.82, 2.24) is 9.80 Å². The van der Waals surface area contributed by atoms with Gasteiger partial charge in [-0.05, 0) is 31.9 Å². The van der Waals surface area contributed by atoms with Crippen molar-refractivity contribution in [3.05, 3.63) is 35.9 Å². The van der Waals surface area contributed by atoms with Crippen molar-refractivity contribution in [1.29, 1.82) is 0 Å². The minimum Gasteiger partial charge on any atom is -0.336 e. The van der Waals surface area contributed by atoms with Crippen LogP contribution in [-0.4, -0.2) is 51.9 Å². The second-order valence-electron chi connectivity index (χ2n) is 5.96. The Morgan fingerprint density at radius 2 is 1.95 bits per heavy atom. The first-order chi connectivity index (χ1) is 10.6. The van der Waals surface area contributed by atoms with Crippen molar-refractivity contribution < 1.29 is 19.1 Å². The summed E-state index contributed by atoms with van der Waals surface area (Å²) in [4.78, 5) is 41.0. The first-order valence-electron chi connectivity index (χ1n) is 7.49. The highest BCUT2D eigenvalue weighted by Crippen LogP contribution is 2.47. The molecule has 3 heterocycles. The first-order valence-corrected chi connectivity index (χ1v) is 7.49. The zero-order valence-corrected chi connectivity index (χ0v) is 12.2. The Labute approximate surface area is 127 Å². The van der Waals surface area contributed by atoms with Crippen molar-refractivity contribution in [2.45, 2.75) is 37.6 Å². The van der Waals surface area contributed by atoms with E-state index in [0.717, 1.165) is 11.3 Å². The van der Waals surface area contributed by atoms with E-state index < -0.39 is 23.8 Å². The van der Waals surface area contributed by atoms with Crippen LogP contribution in [0.15, 0.2) is 30.3 Å². The SMILES string of the molecule is C[C@@H]1O[C@@]12C(=O)N1CCC[C@H]1C(=O)N2C(=O)c1ccccc1. The molecule has 3 atom stereocenters. The molecule has 1 aromatic carbocycles. The normalized spacial score (nSPS) is 33.3. The van der Waals surface area contributed by atoms with Crippen molar-refractivity contribution in [3.8, 4) is 0 Å². The summed E-state index contributed by atoms with van der Waals surface area (Å²) in [6.45, 7) is 2.27. The largest absolute Gasteiger partial charge is 0.336 e. The Morgan fingerprint density at radius 3 is 2.59 bits per heavy atom. The average Bonchev–Trinajstić information content (AvgIpc) is 2.98. The van der Waals surface area contributed by atoms with E-state index in [-0.39, 0.29) is 11.8 Å². The van der Waals surface area contributed by atoms with Crippen LogP contribution in [0.3, 0.4) is 0 Å². The lowest BCUT2D eigenvalue weighted by molar-refractivity contribution is -0.163. The molecule has 3 fully saturated rings. The summed E-state index contributed by atoms with van der Waals surface area (Å²) in [6, 6.07) is 8.01. The number of carbonyl (C=O) groups excluding carboxylic acids is 3. The Balaban J connectivity index is 1.78. The lowest BCUT2D eigenvalue weighted by Crippen LogP contribution is -2.67. The molecule has 3 aliphatic rings. The number of rotatable bonds is 1. The quantitative estimate of drug-likeness (QED) is 0.567. The van der Waals surface area contributed by atoms with Gasteiger partial charge in [0.25, 0.3) is 23.4 Å². The summed E-state index contributed by atoms with van der Waals surface area (Å²) in [5.74, 6) is -1.04. The maximum absolute atomic E-state index is 12.8. The van der Waals surface area contributed by atoms with E-state index in [0.29, 0.717) is 18.5 Å². The van der Waals surface area contributed by atoms with Gasteiger partial charge in [-0.25, -0.2) is 4.90 Å². The van der Waals surface area contributed by atoms with Crippen LogP contribution in [0, 0.1) is 0 Å². The summed E-state index contributed by atoms with van der Waals surface area (Å²) in [5, 5.41) is 0. The van der Waals surface area contributed by atoms with Crippen LogP contribution in [0.5, 0.6) is 0 Å². The van der Waals surface area contributed by atoms with Crippen LogP contribution >= 0.6 is 0 Å². The van der Waals surface area contributed by atoms with Gasteiger partial charge in [-0.3, -0.25) is 14.4 Å². The molecule has 114 valence electrons. The Bertz CT molecular complexity index is 674. The average molecular weight is 300 g/mol. The summed E-state index contributed by atoms with van der Waals surface area (Å²) in [6.07, 6.45) is 0.922. The lowest BCUT2D eigenvalue weighted by Gasteiger charge is -2.39. The molecule has 0 N–H and O–H groups in total. The van der Waals surface area contributed by atoms with Crippen LogP contribution in [0.25, 0.3) is 0 Å². The highest BCUT2D eigenvalue weighted by Gasteiger charge is 2.73. The predicted octanol–water partition coefficient (Wildman–Crippen LogP) is 0.775. The van der Waals surface area contributed by atoms with Gasteiger partial charge in [0.2, 0.25) is 0 Å². The molecule has 22 heavy (non-hydrogen) atoms. The van der Waals surface area contributed by atoms with Gasteiger partial charge in [0.15, 0.2) is 0 Å². The van der Waals surface area contributed by atoms with Gasteiger partial charge in [0.1, 0.15) is 12.1 Å². The number of carbonyl (C=O) groups is 3. The number of benzene rings is 1. The van der Waals surface area contributed by atoms with Crippen LogP contribution in [0.4, 0.5) is 0 Å². The number of imide groups is 1. The van der Waals surface area contributed by atoms with Crippen LogP contribution in [0.2, 0.25) is 0 Å². The van der Waals surface area contributed by atoms with Crippen LogP contribution in [0.1, 0.15) is 30.1 Å². The smallest absolute Gasteiger partial charge is 0.280 e. The second-order valence-corrected chi connectivity index (χ2v) is 5.96. The Morgan fingerprint density at radius 1 is 1.27 bits per heavy atom. The van der Waals surface area contributed by atoms with Crippen LogP contribution in [-0.2, 0) is 14.3 Å². The topological polar surface area (TPSA) is 70.2 Å². The molecule has 3 saturated heterocycles. The van der Waals surface area contributed by atoms with Crippen molar-refractivity contribution in [2.75, 3.05) is 6.54 Å². The molecule has 3 amide bonds. The predicted molar refractivity (Wildman–Crippen MR) is 75.6 cm³/mol. The zero-order valence-electron chi connectivity index (χ0n) is 12.2. The van der Waals surface area contributed by atoms with E-state index in [2.05, 4.69) is 0 Å². The molecule has 0 bridgehead atoms. The Hall–Kier alpha value is -2.21. The van der Waals surface area contributed by atoms with Gasteiger partial charge in [0, 0.05) is 12.1 Å². The molecular weight excluding hydrogens is 284 g/mol. The molecule has 0 aliphatic carbocycles. The minimum absolute atomic E-state index is 0.258. The van der Waals surface area contributed by atoms with E-state index in [9.17, 15) is 14.4 Å².